The second kappa shape index (κ2) is 10.2. The molecule has 24 heavy (non-hydrogen) atoms. The number of rotatable bonds is 10. The Bertz CT molecular complexity index is 509. The molecular weight excluding hydrogens is 308 g/mol. The number of aldehydes is 1. The maximum Gasteiger partial charge on any atom is 0.298 e. The minimum atomic E-state index is -0.604. The van der Waals surface area contributed by atoms with Gasteiger partial charge in [-0.1, -0.05) is 30.3 Å². The van der Waals surface area contributed by atoms with Crippen molar-refractivity contribution in [1.29, 1.82) is 0 Å². The van der Waals surface area contributed by atoms with Crippen molar-refractivity contribution in [2.45, 2.75) is 25.4 Å². The van der Waals surface area contributed by atoms with E-state index in [1.54, 1.807) is 12.1 Å². The Balaban J connectivity index is 1.93. The lowest BCUT2D eigenvalue weighted by atomic mass is 9.95. The number of carbonyl (C=O) groups excluding carboxylic acids is 2. The molecule has 1 N–H and O–H groups in total. The fourth-order valence-corrected chi connectivity index (χ4v) is 3.02. The highest BCUT2D eigenvalue weighted by Crippen LogP contribution is 2.32. The molecule has 1 aromatic rings. The zero-order valence-electron chi connectivity index (χ0n) is 14.1. The summed E-state index contributed by atoms with van der Waals surface area (Å²) in [6, 6.07) is 10.2. The summed E-state index contributed by atoms with van der Waals surface area (Å²) >= 11 is 0. The molecule has 1 heterocycles. The van der Waals surface area contributed by atoms with Crippen LogP contribution in [0, 0.1) is 5.92 Å². The molecule has 0 saturated carbocycles. The first-order valence-corrected chi connectivity index (χ1v) is 8.41. The largest absolute Gasteiger partial charge is 0.385 e. The lowest BCUT2D eigenvalue weighted by Gasteiger charge is -2.25. The van der Waals surface area contributed by atoms with Gasteiger partial charge in [0.1, 0.15) is 0 Å². The van der Waals surface area contributed by atoms with Crippen LogP contribution in [0.1, 0.15) is 30.9 Å². The molecule has 132 valence electrons. The average Bonchev–Trinajstić information content (AvgIpc) is 3.06. The van der Waals surface area contributed by atoms with Gasteiger partial charge < -0.3 is 9.47 Å². The number of benzene rings is 1. The third kappa shape index (κ3) is 5.70. The molecule has 2 atom stereocenters. The van der Waals surface area contributed by atoms with E-state index in [0.29, 0.717) is 19.4 Å². The summed E-state index contributed by atoms with van der Waals surface area (Å²) in [4.78, 5) is 21.7. The van der Waals surface area contributed by atoms with E-state index in [1.165, 1.54) is 0 Å². The van der Waals surface area contributed by atoms with Crippen molar-refractivity contribution in [2.24, 2.45) is 5.92 Å². The van der Waals surface area contributed by atoms with Crippen LogP contribution < -0.4 is 5.43 Å². The lowest BCUT2D eigenvalue weighted by molar-refractivity contribution is -0.134. The van der Waals surface area contributed by atoms with Crippen molar-refractivity contribution in [1.82, 2.24) is 10.4 Å². The number of nitrogens with zero attached hydrogens (tertiary/aromatic N) is 1. The lowest BCUT2D eigenvalue weighted by Crippen LogP contribution is -2.41. The first-order chi connectivity index (χ1) is 11.7. The molecule has 0 aliphatic carbocycles. The van der Waals surface area contributed by atoms with Crippen LogP contribution in [-0.2, 0) is 19.1 Å². The van der Waals surface area contributed by atoms with Crippen LogP contribution in [-0.4, -0.2) is 50.6 Å². The van der Waals surface area contributed by atoms with Gasteiger partial charge in [0.15, 0.2) is 0 Å². The third-order valence-corrected chi connectivity index (χ3v) is 4.20. The molecule has 1 saturated heterocycles. The van der Waals surface area contributed by atoms with Gasteiger partial charge in [-0.2, -0.15) is 0 Å². The van der Waals surface area contributed by atoms with Crippen molar-refractivity contribution in [3.05, 3.63) is 35.9 Å². The summed E-state index contributed by atoms with van der Waals surface area (Å²) in [7, 11) is 1.70. The Kier molecular flexibility index (Phi) is 7.88. The molecule has 6 heteroatoms. The van der Waals surface area contributed by atoms with Gasteiger partial charge in [0.05, 0.1) is 6.10 Å². The van der Waals surface area contributed by atoms with Crippen LogP contribution in [0.3, 0.4) is 0 Å². The number of carbonyl (C=O) groups is 2. The summed E-state index contributed by atoms with van der Waals surface area (Å²) in [5.74, 6) is -0.325. The summed E-state index contributed by atoms with van der Waals surface area (Å²) in [6.45, 7) is 2.83. The molecule has 1 aromatic carbocycles. The molecule has 1 fully saturated rings. The molecule has 6 nitrogen and oxygen atoms in total. The number of methoxy groups -OCH3 is 1. The maximum absolute atomic E-state index is 11.2. The Labute approximate surface area is 143 Å². The molecule has 1 aliphatic rings. The first kappa shape index (κ1) is 18.6. The number of amides is 1. The Morgan fingerprint density at radius 3 is 2.79 bits per heavy atom. The highest BCUT2D eigenvalue weighted by Gasteiger charge is 2.31. The van der Waals surface area contributed by atoms with Gasteiger partial charge in [0.2, 0.25) is 6.29 Å². The van der Waals surface area contributed by atoms with Gasteiger partial charge in [-0.3, -0.25) is 15.0 Å². The number of nitrogens with one attached hydrogen (secondary N) is 1. The molecule has 0 bridgehead atoms. The smallest absolute Gasteiger partial charge is 0.298 e. The molecule has 2 rings (SSSR count). The zero-order valence-corrected chi connectivity index (χ0v) is 14.1. The van der Waals surface area contributed by atoms with E-state index in [1.807, 2.05) is 18.2 Å². The second-order valence-corrected chi connectivity index (χ2v) is 5.99. The Morgan fingerprint density at radius 2 is 2.08 bits per heavy atom. The topological polar surface area (TPSA) is 67.9 Å². The Morgan fingerprint density at radius 1 is 1.33 bits per heavy atom. The molecule has 0 unspecified atom stereocenters. The van der Waals surface area contributed by atoms with Crippen LogP contribution in [0.25, 0.3) is 0 Å². The van der Waals surface area contributed by atoms with E-state index in [9.17, 15) is 9.59 Å². The third-order valence-electron chi connectivity index (χ3n) is 4.20. The summed E-state index contributed by atoms with van der Waals surface area (Å²) in [5.41, 5.74) is 3.75. The number of hydrogen-bond acceptors (Lipinski definition) is 5. The van der Waals surface area contributed by atoms with Gasteiger partial charge in [-0.25, -0.2) is 5.01 Å². The number of hydrazine groups is 1. The quantitative estimate of drug-likeness (QED) is 0.401. The van der Waals surface area contributed by atoms with E-state index in [0.717, 1.165) is 38.0 Å². The van der Waals surface area contributed by atoms with Crippen LogP contribution in [0.4, 0.5) is 0 Å². The highest BCUT2D eigenvalue weighted by molar-refractivity contribution is 6.23. The highest BCUT2D eigenvalue weighted by atomic mass is 16.5. The minimum absolute atomic E-state index is 0.00752. The van der Waals surface area contributed by atoms with Crippen molar-refractivity contribution in [3.8, 4) is 0 Å². The molecule has 0 radical (unpaired) electrons. The monoisotopic (exact) mass is 334 g/mol. The maximum atomic E-state index is 11.2. The van der Waals surface area contributed by atoms with Crippen LogP contribution >= 0.6 is 0 Å². The van der Waals surface area contributed by atoms with Gasteiger partial charge >= 0.3 is 0 Å². The Hall–Kier alpha value is -1.76. The van der Waals surface area contributed by atoms with Crippen molar-refractivity contribution >= 4 is 12.2 Å². The molecule has 1 aliphatic heterocycles. The van der Waals surface area contributed by atoms with Crippen LogP contribution in [0.2, 0.25) is 0 Å². The van der Waals surface area contributed by atoms with Crippen LogP contribution in [0.15, 0.2) is 30.3 Å². The number of unbranched alkanes of at least 4 members (excludes halogenated alkanes) is 1. The molecule has 0 spiro atoms. The van der Waals surface area contributed by atoms with Gasteiger partial charge in [-0.15, -0.1) is 0 Å². The second-order valence-electron chi connectivity index (χ2n) is 5.99. The standard InChI is InChI=1S/C18H26N2O4/c1-23-11-5-6-12-24-18(15-7-3-2-4-8-15)16-9-10-20(13-16)19-17(22)14-21/h2-4,7-8,14,16,18H,5-6,9-13H2,1H3,(H,19,22)/t16-,18+/m1/s1. The normalized spacial score (nSPS) is 19.1. The van der Waals surface area contributed by atoms with Crippen molar-refractivity contribution in [3.63, 3.8) is 0 Å². The molecule has 0 aromatic heterocycles. The van der Waals surface area contributed by atoms with E-state index < -0.39 is 5.91 Å². The first-order valence-electron chi connectivity index (χ1n) is 8.41. The molecule has 1 amide bonds. The summed E-state index contributed by atoms with van der Waals surface area (Å²) in [6.07, 6.45) is 3.14. The predicted octanol–water partition coefficient (Wildman–Crippen LogP) is 1.72. The summed E-state index contributed by atoms with van der Waals surface area (Å²) in [5, 5.41) is 1.80. The SMILES string of the molecule is COCCCCO[C@@H](c1ccccc1)[C@@H]1CCN(NC(=O)C=O)C1. The number of hydrogen-bond donors (Lipinski definition) is 1. The van der Waals surface area contributed by atoms with Gasteiger partial charge in [0, 0.05) is 39.3 Å². The predicted molar refractivity (Wildman–Crippen MR) is 90.1 cm³/mol. The van der Waals surface area contributed by atoms with E-state index in [-0.39, 0.29) is 12.0 Å². The van der Waals surface area contributed by atoms with E-state index >= 15 is 0 Å². The van der Waals surface area contributed by atoms with Gasteiger partial charge in [0.25, 0.3) is 5.91 Å². The molecular formula is C18H26N2O4. The van der Waals surface area contributed by atoms with Gasteiger partial charge in [-0.05, 0) is 24.8 Å². The average molecular weight is 334 g/mol. The zero-order chi connectivity index (χ0) is 17.2. The van der Waals surface area contributed by atoms with Crippen molar-refractivity contribution < 1.29 is 19.1 Å². The minimum Gasteiger partial charge on any atom is -0.385 e. The fourth-order valence-electron chi connectivity index (χ4n) is 3.02. The van der Waals surface area contributed by atoms with E-state index in [2.05, 4.69) is 17.6 Å². The fraction of sp³-hybridized carbons (Fsp3) is 0.556. The van der Waals surface area contributed by atoms with Crippen molar-refractivity contribution in [2.75, 3.05) is 33.4 Å². The van der Waals surface area contributed by atoms with Crippen LogP contribution in [0.5, 0.6) is 0 Å². The van der Waals surface area contributed by atoms with E-state index in [4.69, 9.17) is 9.47 Å². The summed E-state index contributed by atoms with van der Waals surface area (Å²) < 4.78 is 11.2. The number of ether oxygens (including phenoxy) is 2.